The molecule has 0 saturated carbocycles. The molecule has 0 aliphatic rings. The summed E-state index contributed by atoms with van der Waals surface area (Å²) in [6, 6.07) is 5.58. The molecule has 0 aliphatic carbocycles. The molecule has 4 heteroatoms. The van der Waals surface area contributed by atoms with Crippen LogP contribution in [0.4, 0.5) is 0 Å². The molecular formula is C12H17N3O. The van der Waals surface area contributed by atoms with Gasteiger partial charge in [0, 0.05) is 26.7 Å². The molecule has 16 heavy (non-hydrogen) atoms. The predicted octanol–water partition coefficient (Wildman–Crippen LogP) is 1.68. The average Bonchev–Trinajstić information content (AvgIpc) is 2.71. The Balaban J connectivity index is 2.39. The van der Waals surface area contributed by atoms with Crippen LogP contribution in [0.5, 0.6) is 5.75 Å². The van der Waals surface area contributed by atoms with Crippen molar-refractivity contribution in [2.45, 2.75) is 6.42 Å². The normalized spacial score (nSPS) is 14.0. The Morgan fingerprint density at radius 2 is 2.31 bits per heavy atom. The van der Waals surface area contributed by atoms with E-state index in [0.717, 1.165) is 22.3 Å². The van der Waals surface area contributed by atoms with Gasteiger partial charge in [-0.3, -0.25) is 5.10 Å². The number of rotatable bonds is 4. The molecule has 1 aromatic heterocycles. The summed E-state index contributed by atoms with van der Waals surface area (Å²) in [7, 11) is 5.05. The molecule has 0 atom stereocenters. The minimum atomic E-state index is -1.41. The first-order valence-corrected chi connectivity index (χ1v) is 5.12. The summed E-state index contributed by atoms with van der Waals surface area (Å²) in [5.74, 6) is 0.746. The van der Waals surface area contributed by atoms with Crippen LogP contribution in [0.2, 0.25) is 0 Å². The Hall–Kier alpha value is -1.55. The number of nitrogens with zero attached hydrogens (tertiary/aromatic N) is 2. The third-order valence-electron chi connectivity index (χ3n) is 2.41. The molecule has 0 saturated heterocycles. The lowest BCUT2D eigenvalue weighted by atomic mass is 10.1. The van der Waals surface area contributed by atoms with E-state index in [-0.39, 0.29) is 6.42 Å². The number of hydrogen-bond acceptors (Lipinski definition) is 3. The summed E-state index contributed by atoms with van der Waals surface area (Å²) in [5, 5.41) is 7.98. The van der Waals surface area contributed by atoms with Crippen LogP contribution in [-0.4, -0.2) is 42.8 Å². The van der Waals surface area contributed by atoms with Crippen LogP contribution in [0.15, 0.2) is 18.2 Å². The summed E-state index contributed by atoms with van der Waals surface area (Å²) >= 11 is 0. The fourth-order valence-corrected chi connectivity index (χ4v) is 1.54. The maximum atomic E-state index is 7.94. The summed E-state index contributed by atoms with van der Waals surface area (Å²) in [5.41, 5.74) is 1.60. The number of methoxy groups -OCH3 is 1. The number of nitrogens with one attached hydrogen (secondary N) is 1. The van der Waals surface area contributed by atoms with Crippen molar-refractivity contribution >= 4 is 10.9 Å². The summed E-state index contributed by atoms with van der Waals surface area (Å²) in [6.45, 7) is -1.41. The highest BCUT2D eigenvalue weighted by molar-refractivity contribution is 5.82. The van der Waals surface area contributed by atoms with Crippen LogP contribution >= 0.6 is 0 Å². The molecule has 86 valence electrons. The van der Waals surface area contributed by atoms with Crippen LogP contribution in [0, 0.1) is 0 Å². The number of hydrogen-bond donors (Lipinski definition) is 1. The number of aryl methyl sites for hydroxylation is 1. The molecular weight excluding hydrogens is 202 g/mol. The highest BCUT2D eigenvalue weighted by atomic mass is 16.5. The third-order valence-corrected chi connectivity index (χ3v) is 2.41. The van der Waals surface area contributed by atoms with Crippen LogP contribution in [0.25, 0.3) is 10.9 Å². The van der Waals surface area contributed by atoms with Gasteiger partial charge in [0.05, 0.1) is 12.6 Å². The van der Waals surface area contributed by atoms with Gasteiger partial charge in [-0.15, -0.1) is 0 Å². The van der Waals surface area contributed by atoms with E-state index in [4.69, 9.17) is 7.48 Å². The number of fused-ring (bicyclic) bond motifs is 1. The molecule has 1 N–H and O–H groups in total. The molecule has 2 aromatic rings. The van der Waals surface area contributed by atoms with Gasteiger partial charge in [-0.1, -0.05) is 0 Å². The van der Waals surface area contributed by atoms with Crippen molar-refractivity contribution in [1.82, 2.24) is 15.1 Å². The Morgan fingerprint density at radius 1 is 1.50 bits per heavy atom. The van der Waals surface area contributed by atoms with Crippen molar-refractivity contribution in [3.8, 4) is 5.75 Å². The zero-order chi connectivity index (χ0) is 13.3. The van der Waals surface area contributed by atoms with E-state index in [9.17, 15) is 0 Å². The van der Waals surface area contributed by atoms with E-state index in [2.05, 4.69) is 10.2 Å². The predicted molar refractivity (Wildman–Crippen MR) is 64.9 cm³/mol. The lowest BCUT2D eigenvalue weighted by molar-refractivity contribution is 0.411. The molecule has 0 spiro atoms. The van der Waals surface area contributed by atoms with Gasteiger partial charge in [0.25, 0.3) is 0 Å². The van der Waals surface area contributed by atoms with Crippen molar-refractivity contribution in [2.24, 2.45) is 0 Å². The van der Waals surface area contributed by atoms with E-state index in [1.54, 1.807) is 26.1 Å². The smallest absolute Gasteiger partial charge is 0.119 e. The molecule has 0 radical (unpaired) electrons. The maximum Gasteiger partial charge on any atom is 0.119 e. The van der Waals surface area contributed by atoms with E-state index >= 15 is 0 Å². The maximum absolute atomic E-state index is 7.94. The van der Waals surface area contributed by atoms with Gasteiger partial charge in [-0.25, -0.2) is 0 Å². The standard InChI is InChI=1S/C12H17N3O/c1-15(2)7-6-12-10-8-9(16-3)4-5-11(10)13-14-12/h4-5,8H,6-7H2,1-3H3,(H,13,14)/i7D2. The number of aromatic amines is 1. The quantitative estimate of drug-likeness (QED) is 0.854. The lowest BCUT2D eigenvalue weighted by Crippen LogP contribution is -2.15. The lowest BCUT2D eigenvalue weighted by Gasteiger charge is -2.07. The van der Waals surface area contributed by atoms with Crippen molar-refractivity contribution < 1.29 is 7.48 Å². The second-order valence-electron chi connectivity index (χ2n) is 3.81. The van der Waals surface area contributed by atoms with Gasteiger partial charge in [-0.05, 0) is 32.3 Å². The molecule has 2 rings (SSSR count). The van der Waals surface area contributed by atoms with E-state index in [1.165, 1.54) is 0 Å². The second-order valence-corrected chi connectivity index (χ2v) is 3.81. The van der Waals surface area contributed by atoms with E-state index < -0.39 is 6.50 Å². The van der Waals surface area contributed by atoms with Crippen molar-refractivity contribution in [2.75, 3.05) is 27.7 Å². The first-order chi connectivity index (χ1) is 8.44. The molecule has 1 aromatic carbocycles. The average molecular weight is 221 g/mol. The molecule has 0 aliphatic heterocycles. The summed E-state index contributed by atoms with van der Waals surface area (Å²) in [6.07, 6.45) is 0.254. The fourth-order valence-electron chi connectivity index (χ4n) is 1.54. The Morgan fingerprint density at radius 3 is 3.00 bits per heavy atom. The number of benzene rings is 1. The van der Waals surface area contributed by atoms with Gasteiger partial charge in [-0.2, -0.15) is 5.10 Å². The van der Waals surface area contributed by atoms with Gasteiger partial charge in [0.15, 0.2) is 0 Å². The summed E-state index contributed by atoms with van der Waals surface area (Å²) in [4.78, 5) is 1.56. The largest absolute Gasteiger partial charge is 0.497 e. The number of likely N-dealkylation sites (N-methyl/N-ethyl adjacent to an activating group) is 1. The van der Waals surface area contributed by atoms with Crippen LogP contribution in [0.1, 0.15) is 8.44 Å². The monoisotopic (exact) mass is 221 g/mol. The minimum absolute atomic E-state index is 0.254. The van der Waals surface area contributed by atoms with Gasteiger partial charge >= 0.3 is 0 Å². The van der Waals surface area contributed by atoms with Gasteiger partial charge < -0.3 is 9.64 Å². The molecule has 0 fully saturated rings. The molecule has 1 heterocycles. The molecule has 0 bridgehead atoms. The SMILES string of the molecule is [2H]C([2H])(Cc1[nH]nc2ccc(OC)cc12)N(C)C. The van der Waals surface area contributed by atoms with Crippen LogP contribution in [-0.2, 0) is 6.42 Å². The van der Waals surface area contributed by atoms with Crippen molar-refractivity contribution in [3.05, 3.63) is 23.9 Å². The van der Waals surface area contributed by atoms with Gasteiger partial charge in [0.2, 0.25) is 0 Å². The number of aromatic nitrogens is 2. The van der Waals surface area contributed by atoms with Gasteiger partial charge in [0.1, 0.15) is 5.75 Å². The number of ether oxygens (including phenoxy) is 1. The molecule has 4 nitrogen and oxygen atoms in total. The third kappa shape index (κ3) is 2.17. The number of H-pyrrole nitrogens is 1. The zero-order valence-corrected chi connectivity index (χ0v) is 9.74. The first-order valence-electron chi connectivity index (χ1n) is 6.12. The topological polar surface area (TPSA) is 41.1 Å². The first kappa shape index (κ1) is 8.58. The highest BCUT2D eigenvalue weighted by Gasteiger charge is 2.06. The summed E-state index contributed by atoms with van der Waals surface area (Å²) < 4.78 is 21.1. The Bertz CT molecular complexity index is 551. The Kier molecular flexibility index (Phi) is 2.43. The highest BCUT2D eigenvalue weighted by Crippen LogP contribution is 2.22. The molecule has 0 amide bonds. The van der Waals surface area contributed by atoms with E-state index in [0.29, 0.717) is 0 Å². The zero-order valence-electron chi connectivity index (χ0n) is 11.7. The Labute approximate surface area is 98.0 Å². The van der Waals surface area contributed by atoms with Crippen molar-refractivity contribution in [1.29, 1.82) is 0 Å². The van der Waals surface area contributed by atoms with E-state index in [1.807, 2.05) is 18.2 Å². The minimum Gasteiger partial charge on any atom is -0.497 e. The molecule has 0 unspecified atom stereocenters. The van der Waals surface area contributed by atoms with Crippen LogP contribution < -0.4 is 4.74 Å². The van der Waals surface area contributed by atoms with Crippen molar-refractivity contribution in [3.63, 3.8) is 0 Å². The fraction of sp³-hybridized carbons (Fsp3) is 0.417. The second kappa shape index (κ2) is 4.53. The van der Waals surface area contributed by atoms with Crippen LogP contribution in [0.3, 0.4) is 0 Å².